The molecule has 0 fully saturated rings. The number of aryl methyl sites for hydroxylation is 1. The van der Waals surface area contributed by atoms with Crippen LogP contribution in [-0.4, -0.2) is 16.1 Å². The van der Waals surface area contributed by atoms with E-state index in [1.165, 1.54) is 0 Å². The molecule has 1 unspecified atom stereocenters. The lowest BCUT2D eigenvalue weighted by Crippen LogP contribution is -2.12. The molecule has 2 rings (SSSR count). The second-order valence-corrected chi connectivity index (χ2v) is 5.26. The average Bonchev–Trinajstić information content (AvgIpc) is 2.42. The molecule has 0 aliphatic carbocycles. The average molecular weight is 320 g/mol. The lowest BCUT2D eigenvalue weighted by molar-refractivity contribution is -0.138. The van der Waals surface area contributed by atoms with Crippen LogP contribution in [0.4, 0.5) is 0 Å². The summed E-state index contributed by atoms with van der Waals surface area (Å²) in [7, 11) is 0. The van der Waals surface area contributed by atoms with Crippen molar-refractivity contribution in [3.05, 3.63) is 64.4 Å². The fraction of sp³-hybridized carbons (Fsp3) is 0.200. The third-order valence-corrected chi connectivity index (χ3v) is 3.54. The van der Waals surface area contributed by atoms with Crippen LogP contribution in [0.5, 0.6) is 0 Å². The summed E-state index contributed by atoms with van der Waals surface area (Å²) >= 11 is 3.35. The molecule has 0 aliphatic rings. The highest BCUT2D eigenvalue weighted by molar-refractivity contribution is 9.10. The Morgan fingerprint density at radius 3 is 2.58 bits per heavy atom. The van der Waals surface area contributed by atoms with Gasteiger partial charge in [-0.1, -0.05) is 34.1 Å². The van der Waals surface area contributed by atoms with E-state index in [2.05, 4.69) is 20.9 Å². The van der Waals surface area contributed by atoms with Crippen LogP contribution in [0.2, 0.25) is 0 Å². The summed E-state index contributed by atoms with van der Waals surface area (Å²) in [4.78, 5) is 15.4. The molecule has 2 aromatic rings. The first-order valence-corrected chi connectivity index (χ1v) is 6.83. The van der Waals surface area contributed by atoms with Crippen molar-refractivity contribution in [1.29, 1.82) is 0 Å². The molecule has 19 heavy (non-hydrogen) atoms. The zero-order valence-electron chi connectivity index (χ0n) is 10.3. The predicted octanol–water partition coefficient (Wildman–Crippen LogP) is 3.65. The third kappa shape index (κ3) is 3.89. The van der Waals surface area contributed by atoms with Crippen LogP contribution in [0, 0.1) is 0 Å². The molecule has 0 aliphatic heterocycles. The molecule has 0 saturated carbocycles. The molecule has 0 spiro atoms. The molecule has 1 aromatic heterocycles. The van der Waals surface area contributed by atoms with Gasteiger partial charge in [-0.05, 0) is 42.2 Å². The Balaban J connectivity index is 2.09. The normalized spacial score (nSPS) is 12.1. The van der Waals surface area contributed by atoms with E-state index in [0.29, 0.717) is 12.8 Å². The molecular weight excluding hydrogens is 306 g/mol. The summed E-state index contributed by atoms with van der Waals surface area (Å²) < 4.78 is 0.952. The smallest absolute Gasteiger partial charge is 0.310 e. The monoisotopic (exact) mass is 319 g/mol. The van der Waals surface area contributed by atoms with Gasteiger partial charge in [0, 0.05) is 16.9 Å². The number of aromatic nitrogens is 1. The number of pyridine rings is 1. The number of carboxylic acid groups (broad SMARTS) is 1. The third-order valence-electron chi connectivity index (χ3n) is 3.01. The first-order valence-electron chi connectivity index (χ1n) is 6.04. The Kier molecular flexibility index (Phi) is 4.68. The van der Waals surface area contributed by atoms with E-state index in [1.807, 2.05) is 36.4 Å². The highest BCUT2D eigenvalue weighted by Crippen LogP contribution is 2.23. The number of carbonyl (C=O) groups is 1. The van der Waals surface area contributed by atoms with Crippen LogP contribution >= 0.6 is 15.9 Å². The van der Waals surface area contributed by atoms with Gasteiger partial charge in [0.15, 0.2) is 0 Å². The minimum Gasteiger partial charge on any atom is -0.481 e. The number of halogens is 1. The van der Waals surface area contributed by atoms with Crippen molar-refractivity contribution < 1.29 is 9.90 Å². The second kappa shape index (κ2) is 6.48. The fourth-order valence-electron chi connectivity index (χ4n) is 1.98. The van der Waals surface area contributed by atoms with Crippen molar-refractivity contribution in [2.24, 2.45) is 0 Å². The zero-order valence-corrected chi connectivity index (χ0v) is 11.9. The van der Waals surface area contributed by atoms with Gasteiger partial charge in [0.05, 0.1) is 5.92 Å². The highest BCUT2D eigenvalue weighted by Gasteiger charge is 2.19. The van der Waals surface area contributed by atoms with E-state index in [0.717, 1.165) is 15.6 Å². The number of carboxylic acids is 1. The van der Waals surface area contributed by atoms with Gasteiger partial charge in [-0.15, -0.1) is 0 Å². The number of hydrogen-bond donors (Lipinski definition) is 1. The maximum Gasteiger partial charge on any atom is 0.310 e. The molecule has 3 nitrogen and oxygen atoms in total. The van der Waals surface area contributed by atoms with Crippen LogP contribution in [-0.2, 0) is 11.2 Å². The van der Waals surface area contributed by atoms with Gasteiger partial charge in [-0.3, -0.25) is 9.78 Å². The van der Waals surface area contributed by atoms with Gasteiger partial charge in [0.2, 0.25) is 0 Å². The summed E-state index contributed by atoms with van der Waals surface area (Å²) in [6.45, 7) is 0. The van der Waals surface area contributed by atoms with Gasteiger partial charge >= 0.3 is 5.97 Å². The van der Waals surface area contributed by atoms with E-state index in [9.17, 15) is 9.90 Å². The summed E-state index contributed by atoms with van der Waals surface area (Å²) in [5, 5.41) is 9.35. The van der Waals surface area contributed by atoms with Crippen LogP contribution in [0.3, 0.4) is 0 Å². The van der Waals surface area contributed by atoms with Gasteiger partial charge < -0.3 is 5.11 Å². The minimum atomic E-state index is -0.786. The quantitative estimate of drug-likeness (QED) is 0.915. The number of benzene rings is 1. The summed E-state index contributed by atoms with van der Waals surface area (Å²) in [6, 6.07) is 11.3. The Morgan fingerprint density at radius 2 is 2.00 bits per heavy atom. The Labute approximate surface area is 120 Å². The molecule has 0 radical (unpaired) electrons. The predicted molar refractivity (Wildman–Crippen MR) is 77.1 cm³/mol. The SMILES string of the molecule is O=C(O)C(CCc1cccnc1)c1ccc(Br)cc1. The molecular formula is C15H14BrNO2. The Morgan fingerprint density at radius 1 is 1.26 bits per heavy atom. The molecule has 1 aromatic carbocycles. The standard InChI is InChI=1S/C15H14BrNO2/c16-13-6-4-12(5-7-13)14(15(18)19)8-3-11-2-1-9-17-10-11/h1-2,4-7,9-10,14H,3,8H2,(H,18,19). The molecule has 0 bridgehead atoms. The van der Waals surface area contributed by atoms with E-state index in [-0.39, 0.29) is 0 Å². The number of hydrogen-bond acceptors (Lipinski definition) is 2. The highest BCUT2D eigenvalue weighted by atomic mass is 79.9. The molecule has 1 heterocycles. The number of rotatable bonds is 5. The summed E-state index contributed by atoms with van der Waals surface area (Å²) in [6.07, 6.45) is 4.77. The molecule has 0 amide bonds. The first kappa shape index (κ1) is 13.7. The molecule has 4 heteroatoms. The molecule has 98 valence electrons. The largest absolute Gasteiger partial charge is 0.481 e. The zero-order chi connectivity index (χ0) is 13.7. The second-order valence-electron chi connectivity index (χ2n) is 4.34. The van der Waals surface area contributed by atoms with Crippen LogP contribution in [0.15, 0.2) is 53.3 Å². The first-order chi connectivity index (χ1) is 9.16. The van der Waals surface area contributed by atoms with Crippen molar-refractivity contribution in [3.8, 4) is 0 Å². The topological polar surface area (TPSA) is 50.2 Å². The maximum absolute atomic E-state index is 11.4. The van der Waals surface area contributed by atoms with E-state index in [4.69, 9.17) is 0 Å². The van der Waals surface area contributed by atoms with Gasteiger partial charge in [0.25, 0.3) is 0 Å². The fourth-order valence-corrected chi connectivity index (χ4v) is 2.25. The lowest BCUT2D eigenvalue weighted by Gasteiger charge is -2.12. The van der Waals surface area contributed by atoms with Crippen molar-refractivity contribution in [2.75, 3.05) is 0 Å². The van der Waals surface area contributed by atoms with E-state index in [1.54, 1.807) is 12.4 Å². The van der Waals surface area contributed by atoms with Gasteiger partial charge in [0.1, 0.15) is 0 Å². The van der Waals surface area contributed by atoms with Crippen molar-refractivity contribution in [1.82, 2.24) is 4.98 Å². The number of aliphatic carboxylic acids is 1. The summed E-state index contributed by atoms with van der Waals surface area (Å²) in [5.74, 6) is -1.26. The van der Waals surface area contributed by atoms with Crippen LogP contribution in [0.25, 0.3) is 0 Å². The molecule has 1 N–H and O–H groups in total. The Hall–Kier alpha value is -1.68. The van der Waals surface area contributed by atoms with Gasteiger partial charge in [-0.25, -0.2) is 0 Å². The Bertz CT molecular complexity index is 540. The van der Waals surface area contributed by atoms with Crippen molar-refractivity contribution >= 4 is 21.9 Å². The van der Waals surface area contributed by atoms with Crippen molar-refractivity contribution in [2.45, 2.75) is 18.8 Å². The number of nitrogens with zero attached hydrogens (tertiary/aromatic N) is 1. The molecule has 0 saturated heterocycles. The van der Waals surface area contributed by atoms with Crippen LogP contribution < -0.4 is 0 Å². The minimum absolute atomic E-state index is 0.478. The molecule has 1 atom stereocenters. The summed E-state index contributed by atoms with van der Waals surface area (Å²) in [5.41, 5.74) is 1.89. The van der Waals surface area contributed by atoms with Crippen molar-refractivity contribution in [3.63, 3.8) is 0 Å². The van der Waals surface area contributed by atoms with E-state index < -0.39 is 11.9 Å². The van der Waals surface area contributed by atoms with E-state index >= 15 is 0 Å². The van der Waals surface area contributed by atoms with Gasteiger partial charge in [-0.2, -0.15) is 0 Å². The lowest BCUT2D eigenvalue weighted by atomic mass is 9.93. The van der Waals surface area contributed by atoms with Crippen LogP contribution in [0.1, 0.15) is 23.5 Å². The maximum atomic E-state index is 11.4.